The van der Waals surface area contributed by atoms with Crippen LogP contribution in [-0.2, 0) is 20.6 Å². The first-order valence-electron chi connectivity index (χ1n) is 6.08. The first-order chi connectivity index (χ1) is 8.78. The first kappa shape index (κ1) is 14.5. The highest BCUT2D eigenvalue weighted by molar-refractivity contribution is 9.10. The molecule has 1 aliphatic carbocycles. The third-order valence-electron chi connectivity index (χ3n) is 3.26. The summed E-state index contributed by atoms with van der Waals surface area (Å²) in [5, 5.41) is 0. The van der Waals surface area contributed by atoms with Crippen LogP contribution in [0.5, 0.6) is 0 Å². The van der Waals surface area contributed by atoms with Crippen molar-refractivity contribution in [1.29, 1.82) is 0 Å². The Bertz CT molecular complexity index is 612. The molecule has 0 saturated heterocycles. The largest absolute Gasteiger partial charge is 0.274 e. The second kappa shape index (κ2) is 5.25. The molecule has 2 rings (SSSR count). The lowest BCUT2D eigenvalue weighted by atomic mass is 10.2. The molecule has 1 aliphatic rings. The number of amides is 1. The summed E-state index contributed by atoms with van der Waals surface area (Å²) in [4.78, 5) is 11.7. The molecule has 2 unspecified atom stereocenters. The van der Waals surface area contributed by atoms with Crippen molar-refractivity contribution in [2.45, 2.75) is 26.0 Å². The van der Waals surface area contributed by atoms with Gasteiger partial charge in [-0.1, -0.05) is 35.0 Å². The molecule has 0 bridgehead atoms. The van der Waals surface area contributed by atoms with Gasteiger partial charge in [-0.15, -0.1) is 0 Å². The fourth-order valence-corrected chi connectivity index (χ4v) is 3.94. The van der Waals surface area contributed by atoms with Gasteiger partial charge in [0.25, 0.3) is 0 Å². The minimum absolute atomic E-state index is 0.142. The predicted octanol–water partition coefficient (Wildman–Crippen LogP) is 2.36. The lowest BCUT2D eigenvalue weighted by Crippen LogP contribution is -2.33. The van der Waals surface area contributed by atoms with Gasteiger partial charge >= 0.3 is 0 Å². The van der Waals surface area contributed by atoms with E-state index in [1.807, 2.05) is 26.0 Å². The van der Waals surface area contributed by atoms with Gasteiger partial charge in [0.2, 0.25) is 15.9 Å². The maximum atomic E-state index is 11.9. The number of aryl methyl sites for hydroxylation is 1. The molecule has 0 aromatic heterocycles. The van der Waals surface area contributed by atoms with Crippen molar-refractivity contribution in [2.75, 3.05) is 0 Å². The summed E-state index contributed by atoms with van der Waals surface area (Å²) in [6.45, 7) is 3.87. The Balaban J connectivity index is 2.06. The van der Waals surface area contributed by atoms with Crippen molar-refractivity contribution in [3.8, 4) is 0 Å². The zero-order valence-corrected chi connectivity index (χ0v) is 13.2. The van der Waals surface area contributed by atoms with E-state index in [1.54, 1.807) is 6.07 Å². The van der Waals surface area contributed by atoms with E-state index in [-0.39, 0.29) is 17.6 Å². The quantitative estimate of drug-likeness (QED) is 0.910. The van der Waals surface area contributed by atoms with Crippen LogP contribution >= 0.6 is 15.9 Å². The van der Waals surface area contributed by atoms with Crippen LogP contribution in [0, 0.1) is 18.8 Å². The Morgan fingerprint density at radius 2 is 2.11 bits per heavy atom. The van der Waals surface area contributed by atoms with Crippen LogP contribution in [0.1, 0.15) is 24.5 Å². The monoisotopic (exact) mass is 345 g/mol. The summed E-state index contributed by atoms with van der Waals surface area (Å²) in [5.41, 5.74) is 1.69. The van der Waals surface area contributed by atoms with Gasteiger partial charge in [-0.25, -0.2) is 8.42 Å². The fourth-order valence-electron chi connectivity index (χ4n) is 1.93. The SMILES string of the molecule is Cc1ccc(CS(=O)(=O)NC(=O)C2CC2C)c(Br)c1. The maximum absolute atomic E-state index is 11.9. The molecule has 104 valence electrons. The molecule has 1 N–H and O–H groups in total. The maximum Gasteiger partial charge on any atom is 0.239 e. The Hall–Kier alpha value is -0.880. The molecule has 6 heteroatoms. The van der Waals surface area contributed by atoms with E-state index in [1.165, 1.54) is 0 Å². The van der Waals surface area contributed by atoms with E-state index in [0.29, 0.717) is 11.5 Å². The van der Waals surface area contributed by atoms with Crippen LogP contribution in [-0.4, -0.2) is 14.3 Å². The third-order valence-corrected chi connectivity index (χ3v) is 5.20. The lowest BCUT2D eigenvalue weighted by Gasteiger charge is -2.08. The fraction of sp³-hybridized carbons (Fsp3) is 0.462. The normalized spacial score (nSPS) is 22.1. The highest BCUT2D eigenvalue weighted by atomic mass is 79.9. The highest BCUT2D eigenvalue weighted by Gasteiger charge is 2.40. The van der Waals surface area contributed by atoms with Gasteiger partial charge in [0, 0.05) is 10.4 Å². The van der Waals surface area contributed by atoms with Gasteiger partial charge in [-0.3, -0.25) is 9.52 Å². The number of carbonyl (C=O) groups excluding carboxylic acids is 1. The Kier molecular flexibility index (Phi) is 4.01. The molecule has 0 spiro atoms. The Labute approximate surface area is 121 Å². The number of nitrogens with one attached hydrogen (secondary N) is 1. The molecule has 2 atom stereocenters. The van der Waals surface area contributed by atoms with Crippen LogP contribution in [0.4, 0.5) is 0 Å². The molecule has 19 heavy (non-hydrogen) atoms. The zero-order chi connectivity index (χ0) is 14.2. The molecule has 1 aromatic rings. The van der Waals surface area contributed by atoms with Crippen LogP contribution in [0.25, 0.3) is 0 Å². The average Bonchev–Trinajstić information content (AvgIpc) is 2.99. The number of halogens is 1. The summed E-state index contributed by atoms with van der Waals surface area (Å²) >= 11 is 3.34. The Morgan fingerprint density at radius 1 is 1.47 bits per heavy atom. The van der Waals surface area contributed by atoms with Crippen LogP contribution < -0.4 is 4.72 Å². The molecular weight excluding hydrogens is 330 g/mol. The number of rotatable bonds is 4. The number of carbonyl (C=O) groups is 1. The van der Waals surface area contributed by atoms with Crippen molar-refractivity contribution in [3.63, 3.8) is 0 Å². The molecule has 0 radical (unpaired) electrons. The van der Waals surface area contributed by atoms with Gasteiger partial charge < -0.3 is 0 Å². The van der Waals surface area contributed by atoms with Crippen molar-refractivity contribution < 1.29 is 13.2 Å². The first-order valence-corrected chi connectivity index (χ1v) is 8.52. The molecule has 1 amide bonds. The molecule has 1 aromatic carbocycles. The number of hydrogen-bond acceptors (Lipinski definition) is 3. The van der Waals surface area contributed by atoms with E-state index >= 15 is 0 Å². The minimum Gasteiger partial charge on any atom is -0.274 e. The summed E-state index contributed by atoms with van der Waals surface area (Å²) in [6, 6.07) is 5.46. The van der Waals surface area contributed by atoms with Crippen molar-refractivity contribution >= 4 is 31.9 Å². The highest BCUT2D eigenvalue weighted by Crippen LogP contribution is 2.37. The number of benzene rings is 1. The van der Waals surface area contributed by atoms with Gasteiger partial charge in [0.05, 0.1) is 5.75 Å². The van der Waals surface area contributed by atoms with Crippen LogP contribution in [0.15, 0.2) is 22.7 Å². The summed E-state index contributed by atoms with van der Waals surface area (Å²) in [5.74, 6) is -0.422. The number of sulfonamides is 1. The van der Waals surface area contributed by atoms with Crippen LogP contribution in [0.2, 0.25) is 0 Å². The van der Waals surface area contributed by atoms with Crippen LogP contribution in [0.3, 0.4) is 0 Å². The lowest BCUT2D eigenvalue weighted by molar-refractivity contribution is -0.120. The standard InChI is InChI=1S/C13H16BrNO3S/c1-8-3-4-10(12(14)5-8)7-19(17,18)15-13(16)11-6-9(11)2/h3-5,9,11H,6-7H2,1-2H3,(H,15,16). The summed E-state index contributed by atoms with van der Waals surface area (Å²) in [6.07, 6.45) is 0.773. The summed E-state index contributed by atoms with van der Waals surface area (Å²) < 4.78 is 26.8. The molecule has 1 fully saturated rings. The molecular formula is C13H16BrNO3S. The predicted molar refractivity (Wildman–Crippen MR) is 76.9 cm³/mol. The van der Waals surface area contributed by atoms with E-state index < -0.39 is 10.0 Å². The van der Waals surface area contributed by atoms with E-state index in [9.17, 15) is 13.2 Å². The molecule has 1 saturated carbocycles. The topological polar surface area (TPSA) is 63.2 Å². The van der Waals surface area contributed by atoms with Crippen molar-refractivity contribution in [2.24, 2.45) is 11.8 Å². The second-order valence-electron chi connectivity index (χ2n) is 5.14. The summed E-state index contributed by atoms with van der Waals surface area (Å²) in [7, 11) is -3.63. The number of hydrogen-bond donors (Lipinski definition) is 1. The van der Waals surface area contributed by atoms with E-state index in [2.05, 4.69) is 20.7 Å². The van der Waals surface area contributed by atoms with Gasteiger partial charge in [0.15, 0.2) is 0 Å². The van der Waals surface area contributed by atoms with Gasteiger partial charge in [0.1, 0.15) is 0 Å². The minimum atomic E-state index is -3.63. The Morgan fingerprint density at radius 3 is 2.63 bits per heavy atom. The molecule has 0 aliphatic heterocycles. The average molecular weight is 346 g/mol. The van der Waals surface area contributed by atoms with Gasteiger partial charge in [-0.2, -0.15) is 0 Å². The van der Waals surface area contributed by atoms with E-state index in [0.717, 1.165) is 16.5 Å². The molecule has 4 nitrogen and oxygen atoms in total. The van der Waals surface area contributed by atoms with Crippen molar-refractivity contribution in [1.82, 2.24) is 4.72 Å². The van der Waals surface area contributed by atoms with E-state index in [4.69, 9.17) is 0 Å². The van der Waals surface area contributed by atoms with Crippen molar-refractivity contribution in [3.05, 3.63) is 33.8 Å². The second-order valence-corrected chi connectivity index (χ2v) is 7.72. The smallest absolute Gasteiger partial charge is 0.239 e. The zero-order valence-electron chi connectivity index (χ0n) is 10.8. The third kappa shape index (κ3) is 3.79. The van der Waals surface area contributed by atoms with Gasteiger partial charge in [-0.05, 0) is 36.5 Å². The molecule has 0 heterocycles.